The van der Waals surface area contributed by atoms with E-state index in [0.717, 1.165) is 36.3 Å². The highest BCUT2D eigenvalue weighted by atomic mass is 35.5. The minimum absolute atomic E-state index is 0.0522. The molecule has 1 aliphatic carbocycles. The first-order chi connectivity index (χ1) is 9.69. The van der Waals surface area contributed by atoms with Crippen LogP contribution in [0.15, 0.2) is 24.3 Å². The Bertz CT molecular complexity index is 422. The second-order valence-electron chi connectivity index (χ2n) is 5.16. The molecule has 0 amide bonds. The molecule has 0 saturated heterocycles. The van der Waals surface area contributed by atoms with Crippen LogP contribution in [0, 0.1) is 5.92 Å². The second-order valence-corrected chi connectivity index (χ2v) is 5.60. The Kier molecular flexibility index (Phi) is 5.86. The molecule has 3 nitrogen and oxygen atoms in total. The molecule has 1 saturated carbocycles. The molecule has 0 heterocycles. The summed E-state index contributed by atoms with van der Waals surface area (Å²) in [4.78, 5) is 11.6. The minimum Gasteiger partial charge on any atom is -0.466 e. The Balaban J connectivity index is 1.72. The highest BCUT2D eigenvalue weighted by molar-refractivity contribution is 6.30. The average molecular weight is 297 g/mol. The Morgan fingerprint density at radius 3 is 2.45 bits per heavy atom. The van der Waals surface area contributed by atoms with E-state index < -0.39 is 0 Å². The second kappa shape index (κ2) is 7.65. The number of esters is 1. The Labute approximate surface area is 125 Å². The van der Waals surface area contributed by atoms with Crippen molar-refractivity contribution in [1.29, 1.82) is 0 Å². The predicted molar refractivity (Wildman–Crippen MR) is 78.6 cm³/mol. The summed E-state index contributed by atoms with van der Waals surface area (Å²) >= 11 is 5.85. The summed E-state index contributed by atoms with van der Waals surface area (Å²) in [7, 11) is 0. The molecule has 0 unspecified atom stereocenters. The highest BCUT2D eigenvalue weighted by Gasteiger charge is 2.27. The summed E-state index contributed by atoms with van der Waals surface area (Å²) in [6.45, 7) is 2.91. The lowest BCUT2D eigenvalue weighted by Gasteiger charge is -2.27. The molecule has 0 bridgehead atoms. The lowest BCUT2D eigenvalue weighted by molar-refractivity contribution is -0.150. The summed E-state index contributed by atoms with van der Waals surface area (Å²) in [6, 6.07) is 7.70. The topological polar surface area (TPSA) is 35.5 Å². The van der Waals surface area contributed by atoms with Gasteiger partial charge in [0.15, 0.2) is 0 Å². The quantitative estimate of drug-likeness (QED) is 0.771. The predicted octanol–water partition coefficient (Wildman–Crippen LogP) is 3.98. The van der Waals surface area contributed by atoms with Gasteiger partial charge in [-0.25, -0.2) is 0 Å². The molecule has 1 aromatic carbocycles. The summed E-state index contributed by atoms with van der Waals surface area (Å²) in [5, 5.41) is 0.740. The van der Waals surface area contributed by atoms with Crippen LogP contribution in [0.25, 0.3) is 0 Å². The Morgan fingerprint density at radius 1 is 1.20 bits per heavy atom. The van der Waals surface area contributed by atoms with Gasteiger partial charge in [0.05, 0.1) is 25.2 Å². The zero-order valence-electron chi connectivity index (χ0n) is 11.8. The van der Waals surface area contributed by atoms with E-state index >= 15 is 0 Å². The zero-order chi connectivity index (χ0) is 14.4. The number of carbonyl (C=O) groups excluding carboxylic acids is 1. The van der Waals surface area contributed by atoms with Crippen LogP contribution in [-0.2, 0) is 20.9 Å². The molecular weight excluding hydrogens is 276 g/mol. The maximum Gasteiger partial charge on any atom is 0.308 e. The molecule has 110 valence electrons. The van der Waals surface area contributed by atoms with Crippen LogP contribution in [0.1, 0.15) is 38.2 Å². The third-order valence-corrected chi connectivity index (χ3v) is 3.95. The van der Waals surface area contributed by atoms with Crippen LogP contribution >= 0.6 is 11.6 Å². The molecule has 1 fully saturated rings. The van der Waals surface area contributed by atoms with E-state index in [0.29, 0.717) is 13.2 Å². The molecule has 0 aliphatic heterocycles. The normalized spacial score (nSPS) is 22.5. The van der Waals surface area contributed by atoms with Crippen LogP contribution in [-0.4, -0.2) is 18.7 Å². The van der Waals surface area contributed by atoms with E-state index in [-0.39, 0.29) is 18.0 Å². The van der Waals surface area contributed by atoms with Gasteiger partial charge in [-0.3, -0.25) is 4.79 Å². The van der Waals surface area contributed by atoms with Gasteiger partial charge < -0.3 is 9.47 Å². The van der Waals surface area contributed by atoms with Crippen molar-refractivity contribution in [2.45, 2.75) is 45.3 Å². The van der Waals surface area contributed by atoms with Crippen molar-refractivity contribution >= 4 is 17.6 Å². The van der Waals surface area contributed by atoms with Crippen LogP contribution in [0.5, 0.6) is 0 Å². The number of rotatable bonds is 5. The lowest BCUT2D eigenvalue weighted by atomic mass is 9.87. The Morgan fingerprint density at radius 2 is 1.85 bits per heavy atom. The van der Waals surface area contributed by atoms with E-state index in [1.807, 2.05) is 31.2 Å². The fourth-order valence-electron chi connectivity index (χ4n) is 2.52. The first-order valence-corrected chi connectivity index (χ1v) is 7.59. The molecule has 4 heteroatoms. The number of carbonyl (C=O) groups is 1. The van der Waals surface area contributed by atoms with Gasteiger partial charge in [0.2, 0.25) is 0 Å². The molecule has 0 N–H and O–H groups in total. The third-order valence-electron chi connectivity index (χ3n) is 3.69. The molecule has 0 radical (unpaired) electrons. The third kappa shape index (κ3) is 4.50. The number of halogens is 1. The molecule has 1 aromatic rings. The number of hydrogen-bond donors (Lipinski definition) is 0. The Hall–Kier alpha value is -1.06. The van der Waals surface area contributed by atoms with Crippen molar-refractivity contribution < 1.29 is 14.3 Å². The van der Waals surface area contributed by atoms with Crippen LogP contribution in [0.4, 0.5) is 0 Å². The van der Waals surface area contributed by atoms with Crippen molar-refractivity contribution in [2.24, 2.45) is 5.92 Å². The van der Waals surface area contributed by atoms with Crippen molar-refractivity contribution in [3.8, 4) is 0 Å². The van der Waals surface area contributed by atoms with E-state index in [9.17, 15) is 4.79 Å². The molecule has 0 atom stereocenters. The first-order valence-electron chi connectivity index (χ1n) is 7.21. The molecule has 2 rings (SSSR count). The maximum absolute atomic E-state index is 11.6. The van der Waals surface area contributed by atoms with Crippen LogP contribution in [0.3, 0.4) is 0 Å². The summed E-state index contributed by atoms with van der Waals surface area (Å²) in [5.41, 5.74) is 1.13. The van der Waals surface area contributed by atoms with Gasteiger partial charge in [-0.1, -0.05) is 23.7 Å². The van der Waals surface area contributed by atoms with Crippen molar-refractivity contribution in [3.05, 3.63) is 34.9 Å². The van der Waals surface area contributed by atoms with Gasteiger partial charge >= 0.3 is 5.97 Å². The summed E-state index contributed by atoms with van der Waals surface area (Å²) < 4.78 is 11.0. The van der Waals surface area contributed by atoms with Crippen molar-refractivity contribution in [1.82, 2.24) is 0 Å². The zero-order valence-corrected chi connectivity index (χ0v) is 12.6. The molecule has 20 heavy (non-hydrogen) atoms. The number of benzene rings is 1. The van der Waals surface area contributed by atoms with Crippen LogP contribution < -0.4 is 0 Å². The van der Waals surface area contributed by atoms with Gasteiger partial charge in [0.25, 0.3) is 0 Å². The van der Waals surface area contributed by atoms with E-state index in [1.54, 1.807) is 0 Å². The van der Waals surface area contributed by atoms with E-state index in [4.69, 9.17) is 21.1 Å². The standard InChI is InChI=1S/C16H21ClO3/c1-2-19-16(18)13-5-9-15(10-6-13)20-11-12-3-7-14(17)8-4-12/h3-4,7-8,13,15H,2,5-6,9-11H2,1H3/t13-,15+. The minimum atomic E-state index is -0.0522. The van der Waals surface area contributed by atoms with Gasteiger partial charge in [-0.05, 0) is 50.3 Å². The van der Waals surface area contributed by atoms with Gasteiger partial charge in [-0.2, -0.15) is 0 Å². The first kappa shape index (κ1) is 15.3. The van der Waals surface area contributed by atoms with Crippen molar-refractivity contribution in [2.75, 3.05) is 6.61 Å². The maximum atomic E-state index is 11.6. The lowest BCUT2D eigenvalue weighted by Crippen LogP contribution is -2.27. The summed E-state index contributed by atoms with van der Waals surface area (Å²) in [6.07, 6.45) is 3.83. The van der Waals surface area contributed by atoms with E-state index in [1.165, 1.54) is 0 Å². The monoisotopic (exact) mass is 296 g/mol. The average Bonchev–Trinajstić information content (AvgIpc) is 2.47. The highest BCUT2D eigenvalue weighted by Crippen LogP contribution is 2.27. The molecule has 1 aliphatic rings. The largest absolute Gasteiger partial charge is 0.466 e. The number of ether oxygens (including phenoxy) is 2. The van der Waals surface area contributed by atoms with Gasteiger partial charge in [0, 0.05) is 5.02 Å². The SMILES string of the molecule is CCOC(=O)[C@H]1CC[C@@H](OCc2ccc(Cl)cc2)CC1. The van der Waals surface area contributed by atoms with Gasteiger partial charge in [0.1, 0.15) is 0 Å². The summed E-state index contributed by atoms with van der Waals surface area (Å²) in [5.74, 6) is 0.00832. The fourth-order valence-corrected chi connectivity index (χ4v) is 2.65. The fraction of sp³-hybridized carbons (Fsp3) is 0.562. The molecule has 0 aromatic heterocycles. The smallest absolute Gasteiger partial charge is 0.308 e. The molecule has 0 spiro atoms. The van der Waals surface area contributed by atoms with Crippen LogP contribution in [0.2, 0.25) is 5.02 Å². The number of hydrogen-bond acceptors (Lipinski definition) is 3. The molecular formula is C16H21ClO3. The van der Waals surface area contributed by atoms with Gasteiger partial charge in [-0.15, -0.1) is 0 Å². The van der Waals surface area contributed by atoms with Crippen molar-refractivity contribution in [3.63, 3.8) is 0 Å². The van der Waals surface area contributed by atoms with E-state index in [2.05, 4.69) is 0 Å².